The van der Waals surface area contributed by atoms with Gasteiger partial charge >= 0.3 is 0 Å². The number of nitrogens with one attached hydrogen (secondary N) is 1. The predicted molar refractivity (Wildman–Crippen MR) is 135 cm³/mol. The molecule has 6 nitrogen and oxygen atoms in total. The molecule has 0 radical (unpaired) electrons. The number of nitrogens with zero attached hydrogens (tertiary/aromatic N) is 3. The normalized spacial score (nSPS) is 13.8. The Balaban J connectivity index is 1.30. The van der Waals surface area contributed by atoms with E-state index < -0.39 is 0 Å². The highest BCUT2D eigenvalue weighted by Gasteiger charge is 2.24. The Hall–Kier alpha value is -3.67. The van der Waals surface area contributed by atoms with Gasteiger partial charge in [-0.1, -0.05) is 24.3 Å². The van der Waals surface area contributed by atoms with Gasteiger partial charge in [0.15, 0.2) is 0 Å². The molecule has 1 heterocycles. The van der Waals surface area contributed by atoms with E-state index >= 15 is 0 Å². The first-order valence-corrected chi connectivity index (χ1v) is 12.3. The summed E-state index contributed by atoms with van der Waals surface area (Å²) in [4.78, 5) is 30.5. The number of rotatable bonds is 7. The zero-order valence-electron chi connectivity index (χ0n) is 19.1. The van der Waals surface area contributed by atoms with E-state index in [2.05, 4.69) is 16.3 Å². The molecule has 1 N–H and O–H groups in total. The van der Waals surface area contributed by atoms with E-state index in [1.807, 2.05) is 47.4 Å². The van der Waals surface area contributed by atoms with Crippen molar-refractivity contribution in [3.8, 4) is 6.07 Å². The minimum absolute atomic E-state index is 0.0370. The lowest BCUT2D eigenvalue weighted by Crippen LogP contribution is -2.48. The van der Waals surface area contributed by atoms with Gasteiger partial charge in [-0.2, -0.15) is 5.26 Å². The molecule has 35 heavy (non-hydrogen) atoms. The van der Waals surface area contributed by atoms with Gasteiger partial charge in [0.05, 0.1) is 22.9 Å². The van der Waals surface area contributed by atoms with Gasteiger partial charge in [-0.15, -0.1) is 11.8 Å². The van der Waals surface area contributed by atoms with Gasteiger partial charge in [0, 0.05) is 43.3 Å². The maximum atomic E-state index is 13.3. The molecule has 2 amide bonds. The molecule has 1 aliphatic heterocycles. The predicted octanol–water partition coefficient (Wildman–Crippen LogP) is 4.39. The molecule has 0 spiro atoms. The minimum atomic E-state index is -0.361. The van der Waals surface area contributed by atoms with E-state index in [1.54, 1.807) is 6.07 Å². The Morgan fingerprint density at radius 1 is 0.943 bits per heavy atom. The second kappa shape index (κ2) is 11.6. The highest BCUT2D eigenvalue weighted by molar-refractivity contribution is 8.00. The molecular formula is C27H25FN4O2S. The number of piperazine rings is 1. The van der Waals surface area contributed by atoms with Gasteiger partial charge in [-0.25, -0.2) is 4.39 Å². The first-order chi connectivity index (χ1) is 17.0. The number of benzene rings is 3. The highest BCUT2D eigenvalue weighted by atomic mass is 32.2. The number of amides is 2. The number of carbonyl (C=O) groups is 2. The van der Waals surface area contributed by atoms with Crippen LogP contribution in [0.4, 0.5) is 10.1 Å². The van der Waals surface area contributed by atoms with Crippen molar-refractivity contribution in [2.45, 2.75) is 11.4 Å². The molecule has 3 aromatic rings. The van der Waals surface area contributed by atoms with E-state index in [-0.39, 0.29) is 23.4 Å². The number of thioether (sulfide) groups is 1. The first-order valence-electron chi connectivity index (χ1n) is 11.3. The van der Waals surface area contributed by atoms with Crippen molar-refractivity contribution in [2.75, 3.05) is 37.2 Å². The Morgan fingerprint density at radius 3 is 2.31 bits per heavy atom. The molecule has 3 aromatic carbocycles. The highest BCUT2D eigenvalue weighted by Crippen LogP contribution is 2.25. The smallest absolute Gasteiger partial charge is 0.255 e. The van der Waals surface area contributed by atoms with Crippen LogP contribution >= 0.6 is 11.8 Å². The maximum absolute atomic E-state index is 13.3. The number of halogens is 1. The largest absolute Gasteiger partial charge is 0.336 e. The lowest BCUT2D eigenvalue weighted by atomic mass is 10.1. The Morgan fingerprint density at radius 2 is 1.63 bits per heavy atom. The van der Waals surface area contributed by atoms with Crippen molar-refractivity contribution in [2.24, 2.45) is 0 Å². The molecule has 0 saturated carbocycles. The van der Waals surface area contributed by atoms with Gasteiger partial charge in [-0.05, 0) is 54.1 Å². The summed E-state index contributed by atoms with van der Waals surface area (Å²) in [7, 11) is 0. The number of nitriles is 1. The van der Waals surface area contributed by atoms with Crippen molar-refractivity contribution < 1.29 is 14.0 Å². The van der Waals surface area contributed by atoms with Crippen molar-refractivity contribution in [1.29, 1.82) is 5.26 Å². The summed E-state index contributed by atoms with van der Waals surface area (Å²) in [6, 6.07) is 22.7. The summed E-state index contributed by atoms with van der Waals surface area (Å²) in [5.41, 5.74) is 2.91. The van der Waals surface area contributed by atoms with E-state index in [4.69, 9.17) is 5.26 Å². The van der Waals surface area contributed by atoms with Crippen LogP contribution in [-0.4, -0.2) is 53.5 Å². The standard InChI is InChI=1S/C27H25FN4O2S/c28-22-9-11-23(12-10-22)30-26(33)19-35-25-4-2-1-3-24(25)27(34)32-15-13-31(14-16-32)18-21-7-5-20(17-29)6-8-21/h1-12H,13-16,18-19H2,(H,30,33). The molecular weight excluding hydrogens is 463 g/mol. The zero-order valence-corrected chi connectivity index (χ0v) is 19.9. The number of hydrogen-bond donors (Lipinski definition) is 1. The molecule has 1 aliphatic rings. The van der Waals surface area contributed by atoms with Crippen molar-refractivity contribution in [3.05, 3.63) is 95.3 Å². The number of carbonyl (C=O) groups excluding carboxylic acids is 2. The summed E-state index contributed by atoms with van der Waals surface area (Å²) in [6.07, 6.45) is 0. The van der Waals surface area contributed by atoms with Crippen LogP contribution in [0, 0.1) is 17.1 Å². The third-order valence-electron chi connectivity index (χ3n) is 5.75. The zero-order chi connectivity index (χ0) is 24.6. The third-order valence-corrected chi connectivity index (χ3v) is 6.83. The fourth-order valence-electron chi connectivity index (χ4n) is 3.87. The second-order valence-corrected chi connectivity index (χ2v) is 9.23. The molecule has 0 aliphatic carbocycles. The summed E-state index contributed by atoms with van der Waals surface area (Å²) in [5, 5.41) is 11.7. The number of anilines is 1. The molecule has 4 rings (SSSR count). The van der Waals surface area contributed by atoms with Crippen LogP contribution in [0.2, 0.25) is 0 Å². The van der Waals surface area contributed by atoms with Crippen LogP contribution in [0.1, 0.15) is 21.5 Å². The fraction of sp³-hybridized carbons (Fsp3) is 0.222. The van der Waals surface area contributed by atoms with Crippen LogP contribution in [0.25, 0.3) is 0 Å². The van der Waals surface area contributed by atoms with Crippen molar-refractivity contribution in [1.82, 2.24) is 9.80 Å². The van der Waals surface area contributed by atoms with Gasteiger partial charge < -0.3 is 10.2 Å². The van der Waals surface area contributed by atoms with E-state index in [9.17, 15) is 14.0 Å². The molecule has 178 valence electrons. The lowest BCUT2D eigenvalue weighted by molar-refractivity contribution is -0.113. The van der Waals surface area contributed by atoms with E-state index in [1.165, 1.54) is 36.0 Å². The topological polar surface area (TPSA) is 76.4 Å². The quantitative estimate of drug-likeness (QED) is 0.500. The first kappa shape index (κ1) is 24.5. The fourth-order valence-corrected chi connectivity index (χ4v) is 4.71. The van der Waals surface area contributed by atoms with Crippen molar-refractivity contribution in [3.63, 3.8) is 0 Å². The molecule has 0 unspecified atom stereocenters. The molecule has 1 saturated heterocycles. The monoisotopic (exact) mass is 488 g/mol. The van der Waals surface area contributed by atoms with Gasteiger partial charge in [-0.3, -0.25) is 14.5 Å². The molecule has 0 aromatic heterocycles. The van der Waals surface area contributed by atoms with Gasteiger partial charge in [0.1, 0.15) is 5.82 Å². The molecule has 0 atom stereocenters. The molecule has 8 heteroatoms. The maximum Gasteiger partial charge on any atom is 0.255 e. The van der Waals surface area contributed by atoms with Gasteiger partial charge in [0.25, 0.3) is 5.91 Å². The Labute approximate surface area is 208 Å². The van der Waals surface area contributed by atoms with Crippen LogP contribution in [-0.2, 0) is 11.3 Å². The van der Waals surface area contributed by atoms with E-state index in [0.29, 0.717) is 29.9 Å². The Bertz CT molecular complexity index is 1220. The minimum Gasteiger partial charge on any atom is -0.336 e. The summed E-state index contributed by atoms with van der Waals surface area (Å²) in [6.45, 7) is 3.56. The van der Waals surface area contributed by atoms with Crippen LogP contribution in [0.15, 0.2) is 77.7 Å². The molecule has 0 bridgehead atoms. The number of hydrogen-bond acceptors (Lipinski definition) is 5. The Kier molecular flexibility index (Phi) is 8.14. The van der Waals surface area contributed by atoms with Gasteiger partial charge in [0.2, 0.25) is 5.91 Å². The van der Waals surface area contributed by atoms with Crippen LogP contribution in [0.3, 0.4) is 0 Å². The summed E-state index contributed by atoms with van der Waals surface area (Å²) < 4.78 is 13.0. The molecule has 1 fully saturated rings. The average molecular weight is 489 g/mol. The SMILES string of the molecule is N#Cc1ccc(CN2CCN(C(=O)c3ccccc3SCC(=O)Nc3ccc(F)cc3)CC2)cc1. The summed E-state index contributed by atoms with van der Waals surface area (Å²) >= 11 is 1.31. The summed E-state index contributed by atoms with van der Waals surface area (Å²) in [5.74, 6) is -0.481. The van der Waals surface area contributed by atoms with Crippen molar-refractivity contribution >= 4 is 29.3 Å². The average Bonchev–Trinajstić information content (AvgIpc) is 2.89. The van der Waals surface area contributed by atoms with Crippen LogP contribution < -0.4 is 5.32 Å². The lowest BCUT2D eigenvalue weighted by Gasteiger charge is -2.35. The van der Waals surface area contributed by atoms with E-state index in [0.717, 1.165) is 30.1 Å². The van der Waals surface area contributed by atoms with Crippen LogP contribution in [0.5, 0.6) is 0 Å². The third kappa shape index (κ3) is 6.69. The second-order valence-electron chi connectivity index (χ2n) is 8.22.